The van der Waals surface area contributed by atoms with E-state index in [1.54, 1.807) is 0 Å². The third kappa shape index (κ3) is 3.13. The number of hydrogen-bond acceptors (Lipinski definition) is 5. The predicted octanol–water partition coefficient (Wildman–Crippen LogP) is 3.18. The van der Waals surface area contributed by atoms with Gasteiger partial charge >= 0.3 is 11.9 Å². The van der Waals surface area contributed by atoms with Gasteiger partial charge in [-0.1, -0.05) is 42.5 Å². The number of hydrogen-bond donors (Lipinski definition) is 0. The van der Waals surface area contributed by atoms with Crippen molar-refractivity contribution in [1.29, 1.82) is 0 Å². The number of esters is 2. The molecular formula is C20H19NO4. The number of anilines is 1. The summed E-state index contributed by atoms with van der Waals surface area (Å²) in [5.41, 5.74) is 2.70. The predicted molar refractivity (Wildman–Crippen MR) is 94.7 cm³/mol. The Bertz CT molecular complexity index is 784. The largest absolute Gasteiger partial charge is 0.468 e. The molecule has 2 aromatic carbocycles. The van der Waals surface area contributed by atoms with E-state index in [1.807, 2.05) is 71.8 Å². The number of methoxy groups -OCH3 is 2. The van der Waals surface area contributed by atoms with Crippen LogP contribution in [0.4, 0.5) is 5.69 Å². The van der Waals surface area contributed by atoms with E-state index in [-0.39, 0.29) is 0 Å². The average Bonchev–Trinajstić information content (AvgIpc) is 2.68. The average molecular weight is 337 g/mol. The lowest BCUT2D eigenvalue weighted by molar-refractivity contribution is -0.159. The van der Waals surface area contributed by atoms with Crippen LogP contribution in [-0.2, 0) is 19.1 Å². The van der Waals surface area contributed by atoms with Crippen molar-refractivity contribution in [3.05, 3.63) is 71.9 Å². The highest BCUT2D eigenvalue weighted by Crippen LogP contribution is 2.39. The van der Waals surface area contributed by atoms with Crippen LogP contribution in [0.2, 0.25) is 0 Å². The molecule has 1 heterocycles. The molecule has 0 radical (unpaired) electrons. The molecule has 0 fully saturated rings. The number of nitrogens with zero attached hydrogens (tertiary/aromatic N) is 1. The van der Waals surface area contributed by atoms with Crippen molar-refractivity contribution in [3.8, 4) is 0 Å². The van der Waals surface area contributed by atoms with Gasteiger partial charge in [-0.2, -0.15) is 0 Å². The first-order valence-electron chi connectivity index (χ1n) is 7.93. The molecule has 0 bridgehead atoms. The Morgan fingerprint density at radius 1 is 0.920 bits per heavy atom. The van der Waals surface area contributed by atoms with Crippen LogP contribution in [0.1, 0.15) is 17.2 Å². The zero-order valence-corrected chi connectivity index (χ0v) is 14.1. The molecule has 5 nitrogen and oxygen atoms in total. The summed E-state index contributed by atoms with van der Waals surface area (Å²) < 4.78 is 9.79. The second-order valence-electron chi connectivity index (χ2n) is 5.66. The minimum Gasteiger partial charge on any atom is -0.468 e. The highest BCUT2D eigenvalue weighted by molar-refractivity contribution is 5.97. The number of rotatable bonds is 4. The maximum absolute atomic E-state index is 12.4. The van der Waals surface area contributed by atoms with E-state index in [2.05, 4.69) is 0 Å². The van der Waals surface area contributed by atoms with Crippen LogP contribution in [0.3, 0.4) is 0 Å². The summed E-state index contributed by atoms with van der Waals surface area (Å²) in [6.07, 6.45) is 3.84. The molecule has 0 spiro atoms. The molecule has 0 aromatic heterocycles. The highest BCUT2D eigenvalue weighted by Gasteiger charge is 2.42. The second-order valence-corrected chi connectivity index (χ2v) is 5.66. The number of benzene rings is 2. The molecule has 0 amide bonds. The maximum Gasteiger partial charge on any atom is 0.322 e. The van der Waals surface area contributed by atoms with Crippen LogP contribution in [0.15, 0.2) is 60.8 Å². The lowest BCUT2D eigenvalue weighted by Crippen LogP contribution is -2.41. The standard InChI is InChI=1S/C20H19NO4/c1-24-19(22)17(20(23)25-2)18-16-11-7-6-8-14(16)12-13-21(18)15-9-4-3-5-10-15/h3-13,17-18H,1-2H3. The Hall–Kier alpha value is -3.08. The van der Waals surface area contributed by atoms with Gasteiger partial charge < -0.3 is 14.4 Å². The number of fused-ring (bicyclic) bond motifs is 1. The molecule has 3 rings (SSSR count). The summed E-state index contributed by atoms with van der Waals surface area (Å²) in [5, 5.41) is 0. The summed E-state index contributed by atoms with van der Waals surface area (Å²) in [7, 11) is 2.55. The van der Waals surface area contributed by atoms with E-state index in [1.165, 1.54) is 14.2 Å². The van der Waals surface area contributed by atoms with Gasteiger partial charge in [0.25, 0.3) is 0 Å². The third-order valence-electron chi connectivity index (χ3n) is 4.31. The normalized spacial score (nSPS) is 15.6. The van der Waals surface area contributed by atoms with Gasteiger partial charge in [0.1, 0.15) is 0 Å². The Balaban J connectivity index is 2.16. The van der Waals surface area contributed by atoms with Gasteiger partial charge in [0.2, 0.25) is 0 Å². The van der Waals surface area contributed by atoms with E-state index < -0.39 is 23.9 Å². The van der Waals surface area contributed by atoms with Gasteiger partial charge in [0, 0.05) is 11.9 Å². The van der Waals surface area contributed by atoms with E-state index in [9.17, 15) is 9.59 Å². The van der Waals surface area contributed by atoms with Gasteiger partial charge in [-0.25, -0.2) is 0 Å². The lowest BCUT2D eigenvalue weighted by atomic mass is 9.86. The van der Waals surface area contributed by atoms with Crippen LogP contribution in [0, 0.1) is 5.92 Å². The van der Waals surface area contributed by atoms with Crippen molar-refractivity contribution in [3.63, 3.8) is 0 Å². The number of carbonyl (C=O) groups excluding carboxylic acids is 2. The zero-order valence-electron chi connectivity index (χ0n) is 14.1. The number of para-hydroxylation sites is 1. The fraction of sp³-hybridized carbons (Fsp3) is 0.200. The smallest absolute Gasteiger partial charge is 0.322 e. The van der Waals surface area contributed by atoms with Gasteiger partial charge in [-0.3, -0.25) is 9.59 Å². The van der Waals surface area contributed by atoms with Crippen molar-refractivity contribution in [2.45, 2.75) is 6.04 Å². The number of ether oxygens (including phenoxy) is 2. The van der Waals surface area contributed by atoms with E-state index in [0.717, 1.165) is 16.8 Å². The molecule has 0 aliphatic carbocycles. The molecule has 1 aliphatic heterocycles. The summed E-state index contributed by atoms with van der Waals surface area (Å²) in [6.45, 7) is 0. The quantitative estimate of drug-likeness (QED) is 0.633. The summed E-state index contributed by atoms with van der Waals surface area (Å²) in [6, 6.07) is 16.7. The zero-order chi connectivity index (χ0) is 17.8. The van der Waals surface area contributed by atoms with Gasteiger partial charge in [0.05, 0.1) is 20.3 Å². The van der Waals surface area contributed by atoms with Gasteiger partial charge in [-0.05, 0) is 29.3 Å². The molecule has 25 heavy (non-hydrogen) atoms. The fourth-order valence-corrected chi connectivity index (χ4v) is 3.13. The van der Waals surface area contributed by atoms with E-state index in [0.29, 0.717) is 0 Å². The SMILES string of the molecule is COC(=O)C(C(=O)OC)C1c2ccccc2C=CN1c1ccccc1. The van der Waals surface area contributed by atoms with Crippen molar-refractivity contribution < 1.29 is 19.1 Å². The molecule has 1 atom stereocenters. The van der Waals surface area contributed by atoms with Crippen molar-refractivity contribution in [1.82, 2.24) is 0 Å². The topological polar surface area (TPSA) is 55.8 Å². The first-order valence-corrected chi connectivity index (χ1v) is 7.93. The molecule has 128 valence electrons. The van der Waals surface area contributed by atoms with Crippen molar-refractivity contribution in [2.75, 3.05) is 19.1 Å². The van der Waals surface area contributed by atoms with Crippen LogP contribution in [-0.4, -0.2) is 26.2 Å². The lowest BCUT2D eigenvalue weighted by Gasteiger charge is -2.37. The molecule has 0 saturated carbocycles. The summed E-state index contributed by atoms with van der Waals surface area (Å²) in [4.78, 5) is 26.8. The third-order valence-corrected chi connectivity index (χ3v) is 4.31. The first kappa shape index (κ1) is 16.8. The van der Waals surface area contributed by atoms with E-state index in [4.69, 9.17) is 9.47 Å². The molecule has 1 aliphatic rings. The first-order chi connectivity index (χ1) is 12.2. The van der Waals surface area contributed by atoms with Crippen molar-refractivity contribution in [2.24, 2.45) is 5.92 Å². The van der Waals surface area contributed by atoms with Crippen LogP contribution >= 0.6 is 0 Å². The minimum atomic E-state index is -1.10. The fourth-order valence-electron chi connectivity index (χ4n) is 3.13. The molecule has 1 unspecified atom stereocenters. The summed E-state index contributed by atoms with van der Waals surface area (Å²) >= 11 is 0. The van der Waals surface area contributed by atoms with Gasteiger partial charge in [0.15, 0.2) is 5.92 Å². The monoisotopic (exact) mass is 337 g/mol. The van der Waals surface area contributed by atoms with Crippen LogP contribution < -0.4 is 4.90 Å². The Kier molecular flexibility index (Phi) is 4.84. The van der Waals surface area contributed by atoms with Crippen LogP contribution in [0.5, 0.6) is 0 Å². The highest BCUT2D eigenvalue weighted by atomic mass is 16.5. The number of carbonyl (C=O) groups is 2. The molecular weight excluding hydrogens is 318 g/mol. The minimum absolute atomic E-state index is 0.552. The maximum atomic E-state index is 12.4. The Labute approximate surface area is 146 Å². The van der Waals surface area contributed by atoms with Crippen LogP contribution in [0.25, 0.3) is 6.08 Å². The molecule has 5 heteroatoms. The summed E-state index contributed by atoms with van der Waals surface area (Å²) in [5.74, 6) is -2.34. The van der Waals surface area contributed by atoms with E-state index >= 15 is 0 Å². The Morgan fingerprint density at radius 3 is 2.16 bits per heavy atom. The van der Waals surface area contributed by atoms with Gasteiger partial charge in [-0.15, -0.1) is 0 Å². The Morgan fingerprint density at radius 2 is 1.52 bits per heavy atom. The molecule has 2 aromatic rings. The second kappa shape index (κ2) is 7.21. The van der Waals surface area contributed by atoms with Crippen molar-refractivity contribution >= 4 is 23.7 Å². The molecule has 0 N–H and O–H groups in total. The molecule has 0 saturated heterocycles.